The van der Waals surface area contributed by atoms with Gasteiger partial charge in [0, 0.05) is 6.42 Å². The summed E-state index contributed by atoms with van der Waals surface area (Å²) < 4.78 is 4.67. The largest absolute Gasteiger partial charge is 0.469 e. The van der Waals surface area contributed by atoms with E-state index < -0.39 is 0 Å². The van der Waals surface area contributed by atoms with Gasteiger partial charge in [0.05, 0.1) is 7.11 Å². The van der Waals surface area contributed by atoms with Crippen LogP contribution in [0.1, 0.15) is 142 Å². The zero-order valence-electron chi connectivity index (χ0n) is 21.0. The Morgan fingerprint density at radius 2 is 0.933 bits per heavy atom. The molecular formula is C27H55NO2. The Morgan fingerprint density at radius 3 is 1.30 bits per heavy atom. The molecule has 0 fully saturated rings. The molecule has 0 aliphatic rings. The standard InChI is InChI=1S/C27H55NO2/c1-4-6-7-8-9-10-13-16-19-22-25-28(5-2)26-23-20-17-14-11-12-15-18-21-24-27(29)30-3/h4-26H2,1-3H3. The highest BCUT2D eigenvalue weighted by Crippen LogP contribution is 2.13. The van der Waals surface area contributed by atoms with Crippen molar-refractivity contribution < 1.29 is 9.53 Å². The second-order valence-corrected chi connectivity index (χ2v) is 9.12. The molecule has 0 rings (SSSR count). The minimum absolute atomic E-state index is 0.0655. The van der Waals surface area contributed by atoms with E-state index in [4.69, 9.17) is 0 Å². The number of carbonyl (C=O) groups is 1. The van der Waals surface area contributed by atoms with Gasteiger partial charge in [-0.05, 0) is 38.9 Å². The molecule has 0 aromatic rings. The summed E-state index contributed by atoms with van der Waals surface area (Å²) in [6.45, 7) is 8.42. The number of rotatable bonds is 24. The van der Waals surface area contributed by atoms with Crippen molar-refractivity contribution in [2.24, 2.45) is 0 Å². The molecule has 3 nitrogen and oxygen atoms in total. The number of nitrogens with zero attached hydrogens (tertiary/aromatic N) is 1. The molecule has 0 amide bonds. The van der Waals surface area contributed by atoms with E-state index in [9.17, 15) is 4.79 Å². The lowest BCUT2D eigenvalue weighted by Crippen LogP contribution is -2.25. The highest BCUT2D eigenvalue weighted by molar-refractivity contribution is 5.68. The summed E-state index contributed by atoms with van der Waals surface area (Å²) in [7, 11) is 1.47. The van der Waals surface area contributed by atoms with Crippen LogP contribution in [0.4, 0.5) is 0 Å². The highest BCUT2D eigenvalue weighted by Gasteiger charge is 2.02. The number of hydrogen-bond donors (Lipinski definition) is 0. The lowest BCUT2D eigenvalue weighted by atomic mass is 10.1. The van der Waals surface area contributed by atoms with E-state index in [1.165, 1.54) is 142 Å². The maximum absolute atomic E-state index is 11.0. The predicted octanol–water partition coefficient (Wildman–Crippen LogP) is 8.30. The number of esters is 1. The van der Waals surface area contributed by atoms with Crippen LogP contribution in [0.15, 0.2) is 0 Å². The Bertz CT molecular complexity index is 346. The molecule has 0 aromatic heterocycles. The van der Waals surface area contributed by atoms with Crippen molar-refractivity contribution in [3.05, 3.63) is 0 Å². The Hall–Kier alpha value is -0.570. The van der Waals surface area contributed by atoms with E-state index >= 15 is 0 Å². The van der Waals surface area contributed by atoms with E-state index in [0.29, 0.717) is 6.42 Å². The average molecular weight is 426 g/mol. The van der Waals surface area contributed by atoms with Crippen LogP contribution >= 0.6 is 0 Å². The van der Waals surface area contributed by atoms with Gasteiger partial charge in [0.1, 0.15) is 0 Å². The first-order chi connectivity index (χ1) is 14.7. The van der Waals surface area contributed by atoms with E-state index in [-0.39, 0.29) is 5.97 Å². The summed E-state index contributed by atoms with van der Waals surface area (Å²) in [4.78, 5) is 13.7. The maximum atomic E-state index is 11.0. The Balaban J connectivity index is 3.31. The van der Waals surface area contributed by atoms with Crippen LogP contribution < -0.4 is 0 Å². The maximum Gasteiger partial charge on any atom is 0.305 e. The van der Waals surface area contributed by atoms with Gasteiger partial charge in [-0.15, -0.1) is 0 Å². The molecule has 0 spiro atoms. The van der Waals surface area contributed by atoms with Gasteiger partial charge < -0.3 is 9.64 Å². The topological polar surface area (TPSA) is 29.5 Å². The molecule has 0 aliphatic carbocycles. The monoisotopic (exact) mass is 425 g/mol. The highest BCUT2D eigenvalue weighted by atomic mass is 16.5. The third kappa shape index (κ3) is 22.1. The fourth-order valence-electron chi connectivity index (χ4n) is 4.20. The Kier molecular flexibility index (Phi) is 24.2. The van der Waals surface area contributed by atoms with Crippen molar-refractivity contribution in [1.82, 2.24) is 4.90 Å². The van der Waals surface area contributed by atoms with Crippen LogP contribution in [0.25, 0.3) is 0 Å². The molecule has 180 valence electrons. The minimum atomic E-state index is -0.0655. The van der Waals surface area contributed by atoms with E-state index in [1.807, 2.05) is 0 Å². The molecule has 0 saturated carbocycles. The van der Waals surface area contributed by atoms with Gasteiger partial charge in [-0.1, -0.05) is 117 Å². The summed E-state index contributed by atoms with van der Waals surface area (Å²) in [5.74, 6) is -0.0655. The lowest BCUT2D eigenvalue weighted by molar-refractivity contribution is -0.140. The molecule has 0 N–H and O–H groups in total. The summed E-state index contributed by atoms with van der Waals surface area (Å²) >= 11 is 0. The van der Waals surface area contributed by atoms with Gasteiger partial charge in [-0.2, -0.15) is 0 Å². The first-order valence-corrected chi connectivity index (χ1v) is 13.5. The van der Waals surface area contributed by atoms with Crippen LogP contribution in [0.5, 0.6) is 0 Å². The van der Waals surface area contributed by atoms with Gasteiger partial charge in [0.2, 0.25) is 0 Å². The molecule has 0 heterocycles. The molecule has 0 radical (unpaired) electrons. The quantitative estimate of drug-likeness (QED) is 0.115. The first-order valence-electron chi connectivity index (χ1n) is 13.5. The van der Waals surface area contributed by atoms with Gasteiger partial charge >= 0.3 is 5.97 Å². The summed E-state index contributed by atoms with van der Waals surface area (Å²) in [5.41, 5.74) is 0. The number of methoxy groups -OCH3 is 1. The lowest BCUT2D eigenvalue weighted by Gasteiger charge is -2.20. The van der Waals surface area contributed by atoms with Crippen LogP contribution in [-0.4, -0.2) is 37.6 Å². The van der Waals surface area contributed by atoms with Gasteiger partial charge in [0.25, 0.3) is 0 Å². The average Bonchev–Trinajstić information content (AvgIpc) is 2.76. The SMILES string of the molecule is CCCCCCCCCCCCN(CC)CCCCCCCCCCCC(=O)OC. The van der Waals surface area contributed by atoms with Gasteiger partial charge in [-0.3, -0.25) is 4.79 Å². The summed E-state index contributed by atoms with van der Waals surface area (Å²) in [6.07, 6.45) is 26.5. The predicted molar refractivity (Wildman–Crippen MR) is 132 cm³/mol. The van der Waals surface area contributed by atoms with E-state index in [2.05, 4.69) is 23.5 Å². The van der Waals surface area contributed by atoms with Crippen molar-refractivity contribution in [2.75, 3.05) is 26.7 Å². The van der Waals surface area contributed by atoms with Crippen molar-refractivity contribution in [3.8, 4) is 0 Å². The fraction of sp³-hybridized carbons (Fsp3) is 0.963. The number of hydrogen-bond acceptors (Lipinski definition) is 3. The zero-order chi connectivity index (χ0) is 22.1. The van der Waals surface area contributed by atoms with E-state index in [1.54, 1.807) is 0 Å². The second kappa shape index (κ2) is 24.7. The van der Waals surface area contributed by atoms with E-state index in [0.717, 1.165) is 6.42 Å². The minimum Gasteiger partial charge on any atom is -0.469 e. The molecule has 0 saturated heterocycles. The van der Waals surface area contributed by atoms with Crippen molar-refractivity contribution in [2.45, 2.75) is 142 Å². The van der Waals surface area contributed by atoms with Crippen LogP contribution in [0.2, 0.25) is 0 Å². The van der Waals surface area contributed by atoms with Crippen molar-refractivity contribution >= 4 is 5.97 Å². The molecular weight excluding hydrogens is 370 g/mol. The molecule has 0 atom stereocenters. The number of carbonyl (C=O) groups excluding carboxylic acids is 1. The Labute approximate surface area is 189 Å². The van der Waals surface area contributed by atoms with Crippen LogP contribution in [0, 0.1) is 0 Å². The van der Waals surface area contributed by atoms with Crippen molar-refractivity contribution in [1.29, 1.82) is 0 Å². The summed E-state index contributed by atoms with van der Waals surface area (Å²) in [5, 5.41) is 0. The zero-order valence-corrected chi connectivity index (χ0v) is 21.0. The molecule has 0 unspecified atom stereocenters. The van der Waals surface area contributed by atoms with Crippen LogP contribution in [0.3, 0.4) is 0 Å². The molecule has 0 aromatic carbocycles. The summed E-state index contributed by atoms with van der Waals surface area (Å²) in [6, 6.07) is 0. The molecule has 30 heavy (non-hydrogen) atoms. The smallest absolute Gasteiger partial charge is 0.305 e. The number of unbranched alkanes of at least 4 members (excludes halogenated alkanes) is 17. The Morgan fingerprint density at radius 1 is 0.567 bits per heavy atom. The van der Waals surface area contributed by atoms with Gasteiger partial charge in [-0.25, -0.2) is 0 Å². The normalized spacial score (nSPS) is 11.3. The third-order valence-electron chi connectivity index (χ3n) is 6.36. The van der Waals surface area contributed by atoms with Crippen molar-refractivity contribution in [3.63, 3.8) is 0 Å². The molecule has 3 heteroatoms. The van der Waals surface area contributed by atoms with Gasteiger partial charge in [0.15, 0.2) is 0 Å². The number of ether oxygens (including phenoxy) is 1. The second-order valence-electron chi connectivity index (χ2n) is 9.12. The van der Waals surface area contributed by atoms with Crippen LogP contribution in [-0.2, 0) is 9.53 Å². The fourth-order valence-corrected chi connectivity index (χ4v) is 4.20. The first kappa shape index (κ1) is 29.4. The molecule has 0 aliphatic heterocycles. The third-order valence-corrected chi connectivity index (χ3v) is 6.36. The molecule has 0 bridgehead atoms.